The average Bonchev–Trinajstić information content (AvgIpc) is 3.22. The van der Waals surface area contributed by atoms with Crippen LogP contribution in [0.15, 0.2) is 29.2 Å². The largest absolute Gasteiger partial charge is 0.493 e. The molecule has 0 aliphatic carbocycles. The number of hydrogen-bond acceptors (Lipinski definition) is 8. The summed E-state index contributed by atoms with van der Waals surface area (Å²) in [7, 11) is 4.69. The summed E-state index contributed by atoms with van der Waals surface area (Å²) < 4.78 is 16.4. The number of nitrogens with zero attached hydrogens (tertiary/aromatic N) is 2. The number of anilines is 1. The summed E-state index contributed by atoms with van der Waals surface area (Å²) in [4.78, 5) is 8.71. The van der Waals surface area contributed by atoms with Crippen LogP contribution in [0.5, 0.6) is 17.2 Å². The number of fused-ring (bicyclic) bond motifs is 1. The number of rotatable bonds is 9. The molecule has 2 N–H and O–H groups in total. The van der Waals surface area contributed by atoms with Crippen molar-refractivity contribution in [2.45, 2.75) is 6.42 Å². The van der Waals surface area contributed by atoms with E-state index in [1.165, 1.54) is 11.9 Å². The van der Waals surface area contributed by atoms with Gasteiger partial charge in [-0.05, 0) is 34.9 Å². The van der Waals surface area contributed by atoms with Crippen LogP contribution in [-0.4, -0.2) is 49.6 Å². The lowest BCUT2D eigenvalue weighted by molar-refractivity contribution is 0.232. The minimum absolute atomic E-state index is 0.0756. The third kappa shape index (κ3) is 4.06. The maximum absolute atomic E-state index is 9.72. The zero-order valence-electron chi connectivity index (χ0n) is 15.6. The summed E-state index contributed by atoms with van der Waals surface area (Å²) in [6.07, 6.45) is 2.28. The van der Waals surface area contributed by atoms with Crippen molar-refractivity contribution in [2.75, 3.05) is 39.8 Å². The van der Waals surface area contributed by atoms with E-state index in [4.69, 9.17) is 14.2 Å². The standard InChI is InChI=1S/C19H23N3O4S/c1-24-15-7-14-16(18(26-3)17(15)25-2)21-11-22-19(14)20-8-13(9-23)6-12-4-5-27-10-12/h4-5,7,10-11,13,23H,6,8-9H2,1-3H3,(H,20,21,22). The van der Waals surface area contributed by atoms with Crippen molar-refractivity contribution in [3.05, 3.63) is 34.8 Å². The van der Waals surface area contributed by atoms with E-state index in [1.807, 2.05) is 11.4 Å². The molecule has 0 spiro atoms. The van der Waals surface area contributed by atoms with Gasteiger partial charge in [0.15, 0.2) is 11.5 Å². The highest BCUT2D eigenvalue weighted by Crippen LogP contribution is 2.43. The van der Waals surface area contributed by atoms with Crippen LogP contribution in [0, 0.1) is 5.92 Å². The van der Waals surface area contributed by atoms with Crippen LogP contribution in [-0.2, 0) is 6.42 Å². The zero-order valence-corrected chi connectivity index (χ0v) is 16.4. The lowest BCUT2D eigenvalue weighted by Crippen LogP contribution is -2.20. The summed E-state index contributed by atoms with van der Waals surface area (Å²) >= 11 is 1.66. The Hall–Kier alpha value is -2.58. The monoisotopic (exact) mass is 389 g/mol. The van der Waals surface area contributed by atoms with Crippen molar-refractivity contribution >= 4 is 28.1 Å². The molecule has 8 heteroatoms. The molecule has 0 radical (unpaired) electrons. The second kappa shape index (κ2) is 8.88. The molecule has 1 aromatic carbocycles. The number of aliphatic hydroxyl groups excluding tert-OH is 1. The van der Waals surface area contributed by atoms with Crippen molar-refractivity contribution < 1.29 is 19.3 Å². The van der Waals surface area contributed by atoms with Gasteiger partial charge < -0.3 is 24.6 Å². The fraction of sp³-hybridized carbons (Fsp3) is 0.368. The molecule has 0 saturated carbocycles. The molecule has 1 unspecified atom stereocenters. The zero-order chi connectivity index (χ0) is 19.2. The molecule has 0 amide bonds. The third-order valence-corrected chi connectivity index (χ3v) is 5.09. The van der Waals surface area contributed by atoms with Gasteiger partial charge >= 0.3 is 0 Å². The Morgan fingerprint density at radius 2 is 1.96 bits per heavy atom. The number of thiophene rings is 1. The average molecular weight is 389 g/mol. The van der Waals surface area contributed by atoms with Crippen LogP contribution in [0.4, 0.5) is 5.82 Å². The normalized spacial score (nSPS) is 12.0. The van der Waals surface area contributed by atoms with Gasteiger partial charge in [-0.2, -0.15) is 11.3 Å². The number of methoxy groups -OCH3 is 3. The number of ether oxygens (including phenoxy) is 3. The summed E-state index contributed by atoms with van der Waals surface area (Å²) in [5.41, 5.74) is 1.85. The van der Waals surface area contributed by atoms with E-state index < -0.39 is 0 Å². The summed E-state index contributed by atoms with van der Waals surface area (Å²) in [5.74, 6) is 2.25. The first-order chi connectivity index (χ1) is 13.2. The Balaban J connectivity index is 1.90. The van der Waals surface area contributed by atoms with Gasteiger partial charge in [-0.3, -0.25) is 0 Å². The van der Waals surface area contributed by atoms with Crippen LogP contribution in [0.2, 0.25) is 0 Å². The lowest BCUT2D eigenvalue weighted by atomic mass is 10.0. The van der Waals surface area contributed by atoms with Gasteiger partial charge in [-0.1, -0.05) is 0 Å². The second-order valence-electron chi connectivity index (χ2n) is 6.03. The fourth-order valence-electron chi connectivity index (χ4n) is 2.99. The van der Waals surface area contributed by atoms with E-state index in [0.29, 0.717) is 35.1 Å². The van der Waals surface area contributed by atoms with E-state index in [2.05, 4.69) is 26.7 Å². The first kappa shape index (κ1) is 19.2. The van der Waals surface area contributed by atoms with Gasteiger partial charge in [-0.25, -0.2) is 9.97 Å². The van der Waals surface area contributed by atoms with Crippen molar-refractivity contribution in [3.8, 4) is 17.2 Å². The lowest BCUT2D eigenvalue weighted by Gasteiger charge is -2.18. The van der Waals surface area contributed by atoms with Gasteiger partial charge in [0.05, 0.1) is 26.7 Å². The van der Waals surface area contributed by atoms with Crippen LogP contribution in [0.25, 0.3) is 10.9 Å². The number of hydrogen-bond donors (Lipinski definition) is 2. The Kier molecular flexibility index (Phi) is 6.31. The highest BCUT2D eigenvalue weighted by Gasteiger charge is 2.19. The van der Waals surface area contributed by atoms with E-state index in [9.17, 15) is 5.11 Å². The van der Waals surface area contributed by atoms with Gasteiger partial charge in [0.2, 0.25) is 5.75 Å². The molecule has 2 heterocycles. The van der Waals surface area contributed by atoms with E-state index in [0.717, 1.165) is 11.8 Å². The van der Waals surface area contributed by atoms with Crippen LogP contribution >= 0.6 is 11.3 Å². The first-order valence-corrected chi connectivity index (χ1v) is 9.45. The Bertz CT molecular complexity index is 886. The molecule has 0 aliphatic heterocycles. The van der Waals surface area contributed by atoms with Crippen LogP contribution in [0.3, 0.4) is 0 Å². The molecule has 3 aromatic rings. The van der Waals surface area contributed by atoms with Crippen LogP contribution in [0.1, 0.15) is 5.56 Å². The minimum Gasteiger partial charge on any atom is -0.493 e. The molecule has 144 valence electrons. The highest BCUT2D eigenvalue weighted by molar-refractivity contribution is 7.07. The quantitative estimate of drug-likeness (QED) is 0.582. The van der Waals surface area contributed by atoms with Crippen molar-refractivity contribution in [2.24, 2.45) is 5.92 Å². The van der Waals surface area contributed by atoms with Gasteiger partial charge in [-0.15, -0.1) is 0 Å². The topological polar surface area (TPSA) is 85.7 Å². The third-order valence-electron chi connectivity index (χ3n) is 4.35. The molecule has 2 aromatic heterocycles. The fourth-order valence-corrected chi connectivity index (χ4v) is 3.67. The van der Waals surface area contributed by atoms with E-state index >= 15 is 0 Å². The Labute approximate surface area is 161 Å². The molecule has 1 atom stereocenters. The Morgan fingerprint density at radius 1 is 1.15 bits per heavy atom. The number of aliphatic hydroxyl groups is 1. The summed E-state index contributed by atoms with van der Waals surface area (Å²) in [6, 6.07) is 3.90. The predicted octanol–water partition coefficient (Wildman–Crippen LogP) is 2.98. The SMILES string of the molecule is COc1cc2c(NCC(CO)Cc3ccsc3)ncnc2c(OC)c1OC. The second-order valence-corrected chi connectivity index (χ2v) is 6.81. The molecule has 0 saturated heterocycles. The van der Waals surface area contributed by atoms with Gasteiger partial charge in [0.1, 0.15) is 17.7 Å². The minimum atomic E-state index is 0.0756. The molecule has 0 bridgehead atoms. The van der Waals surface area contributed by atoms with E-state index in [-0.39, 0.29) is 12.5 Å². The predicted molar refractivity (Wildman–Crippen MR) is 106 cm³/mol. The summed E-state index contributed by atoms with van der Waals surface area (Å²) in [6.45, 7) is 0.668. The number of benzene rings is 1. The summed E-state index contributed by atoms with van der Waals surface area (Å²) in [5, 5.41) is 18.0. The van der Waals surface area contributed by atoms with Crippen molar-refractivity contribution in [1.29, 1.82) is 0 Å². The van der Waals surface area contributed by atoms with Gasteiger partial charge in [0, 0.05) is 19.1 Å². The maximum Gasteiger partial charge on any atom is 0.205 e. The van der Waals surface area contributed by atoms with Crippen molar-refractivity contribution in [1.82, 2.24) is 9.97 Å². The number of aromatic nitrogens is 2. The van der Waals surface area contributed by atoms with E-state index in [1.54, 1.807) is 32.7 Å². The highest BCUT2D eigenvalue weighted by atomic mass is 32.1. The molecule has 27 heavy (non-hydrogen) atoms. The van der Waals surface area contributed by atoms with Crippen molar-refractivity contribution in [3.63, 3.8) is 0 Å². The number of nitrogens with one attached hydrogen (secondary N) is 1. The first-order valence-electron chi connectivity index (χ1n) is 8.51. The molecule has 3 rings (SSSR count). The van der Waals surface area contributed by atoms with Crippen LogP contribution < -0.4 is 19.5 Å². The molecule has 0 fully saturated rings. The molecule has 7 nitrogen and oxygen atoms in total. The smallest absolute Gasteiger partial charge is 0.205 e. The molecule has 0 aliphatic rings. The Morgan fingerprint density at radius 3 is 2.59 bits per heavy atom. The molecular weight excluding hydrogens is 366 g/mol. The van der Waals surface area contributed by atoms with Gasteiger partial charge in [0.25, 0.3) is 0 Å². The molecular formula is C19H23N3O4S. The maximum atomic E-state index is 9.72.